The average Bonchev–Trinajstić information content (AvgIpc) is 3.09. The summed E-state index contributed by atoms with van der Waals surface area (Å²) in [5, 5.41) is 7.72. The molecule has 0 fully saturated rings. The monoisotopic (exact) mass is 557 g/mol. The van der Waals surface area contributed by atoms with Crippen LogP contribution in [0.1, 0.15) is 5.56 Å². The minimum atomic E-state index is 0.0836. The van der Waals surface area contributed by atoms with Gasteiger partial charge in [0.05, 0.1) is 0 Å². The predicted octanol–water partition coefficient (Wildman–Crippen LogP) is 10.4. The summed E-state index contributed by atoms with van der Waals surface area (Å²) in [6.45, 7) is 0. The van der Waals surface area contributed by atoms with Crippen molar-refractivity contribution < 1.29 is 0 Å². The van der Waals surface area contributed by atoms with E-state index in [1.165, 1.54) is 88.0 Å². The molecule has 4 aliphatic carbocycles. The van der Waals surface area contributed by atoms with Crippen molar-refractivity contribution in [1.82, 2.24) is 0 Å². The average molecular weight is 558 g/mol. The minimum absolute atomic E-state index is 0.0836. The first-order chi connectivity index (χ1) is 21.8. The molecule has 0 amide bonds. The third-order valence-electron chi connectivity index (χ3n) is 10.0. The quantitative estimate of drug-likeness (QED) is 0.192. The van der Waals surface area contributed by atoms with Crippen molar-refractivity contribution >= 4 is 44.1 Å². The first kappa shape index (κ1) is 24.0. The maximum atomic E-state index is 4.91. The number of dihydropyridines is 1. The number of fused-ring (bicyclic) bond motifs is 5. The Morgan fingerprint density at radius 1 is 0.545 bits per heavy atom. The van der Waals surface area contributed by atoms with Gasteiger partial charge in [-0.05, 0) is 100 Å². The molecule has 1 heterocycles. The summed E-state index contributed by atoms with van der Waals surface area (Å²) < 4.78 is 0. The van der Waals surface area contributed by atoms with Crippen molar-refractivity contribution in [2.45, 2.75) is 6.04 Å². The zero-order chi connectivity index (χ0) is 28.8. The van der Waals surface area contributed by atoms with E-state index in [0.29, 0.717) is 0 Å². The molecule has 10 rings (SSSR count). The van der Waals surface area contributed by atoms with E-state index in [2.05, 4.69) is 146 Å². The van der Waals surface area contributed by atoms with Crippen LogP contribution in [0.15, 0.2) is 184 Å². The minimum Gasteiger partial charge on any atom is -0.280 e. The van der Waals surface area contributed by atoms with E-state index in [1.54, 1.807) is 0 Å². The van der Waals surface area contributed by atoms with Crippen molar-refractivity contribution in [3.8, 4) is 11.1 Å². The van der Waals surface area contributed by atoms with Gasteiger partial charge in [-0.3, -0.25) is 4.99 Å². The van der Waals surface area contributed by atoms with Crippen LogP contribution in [-0.2, 0) is 0 Å². The molecule has 5 aromatic carbocycles. The summed E-state index contributed by atoms with van der Waals surface area (Å²) in [4.78, 5) is 4.91. The normalized spacial score (nSPS) is 21.0. The molecule has 204 valence electrons. The van der Waals surface area contributed by atoms with Gasteiger partial charge in [0.1, 0.15) is 6.04 Å². The van der Waals surface area contributed by atoms with Gasteiger partial charge in [0.2, 0.25) is 0 Å². The van der Waals surface area contributed by atoms with Gasteiger partial charge in [0.25, 0.3) is 0 Å². The van der Waals surface area contributed by atoms with Crippen LogP contribution in [0.2, 0.25) is 0 Å². The molecule has 2 atom stereocenters. The number of benzene rings is 5. The van der Waals surface area contributed by atoms with Gasteiger partial charge >= 0.3 is 0 Å². The van der Waals surface area contributed by atoms with Gasteiger partial charge in [-0.2, -0.15) is 0 Å². The Kier molecular flexibility index (Phi) is 4.90. The maximum absolute atomic E-state index is 4.91. The molecule has 1 nitrogen and oxygen atoms in total. The fourth-order valence-electron chi connectivity index (χ4n) is 8.19. The molecule has 0 spiro atoms. The first-order valence-electron chi connectivity index (χ1n) is 15.5. The van der Waals surface area contributed by atoms with E-state index in [9.17, 15) is 0 Å². The van der Waals surface area contributed by atoms with Gasteiger partial charge < -0.3 is 0 Å². The summed E-state index contributed by atoms with van der Waals surface area (Å²) in [5.74, 6) is 0.212. The van der Waals surface area contributed by atoms with E-state index < -0.39 is 0 Å². The van der Waals surface area contributed by atoms with Crippen LogP contribution in [0.25, 0.3) is 49.0 Å². The maximum Gasteiger partial charge on any atom is 0.100 e. The van der Waals surface area contributed by atoms with Gasteiger partial charge in [0.15, 0.2) is 0 Å². The highest BCUT2D eigenvalue weighted by Gasteiger charge is 2.39. The van der Waals surface area contributed by atoms with Gasteiger partial charge in [-0.25, -0.2) is 0 Å². The standard InChI is InChI=1S/C43H27N/c1-2-12-30-26(9-1)10-7-17-31(30)41-32-13-3-5-15-34(32)42(35-16-6-4-14-33(35)41)37-21-18-27-19-23-38-40-28(20-22-36(37)39(27)40)25-29-11-8-24-44-43(29)38/h1-25,39,43H. The highest BCUT2D eigenvalue weighted by Crippen LogP contribution is 2.53. The molecule has 1 aliphatic heterocycles. The first-order valence-corrected chi connectivity index (χ1v) is 15.5. The number of allylic oxidation sites excluding steroid dienone is 12. The Morgan fingerprint density at radius 2 is 1.25 bits per heavy atom. The summed E-state index contributed by atoms with van der Waals surface area (Å²) in [7, 11) is 0. The van der Waals surface area contributed by atoms with E-state index in [4.69, 9.17) is 4.99 Å². The highest BCUT2D eigenvalue weighted by molar-refractivity contribution is 6.22. The summed E-state index contributed by atoms with van der Waals surface area (Å²) in [5.41, 5.74) is 13.3. The third kappa shape index (κ3) is 3.21. The van der Waals surface area contributed by atoms with Gasteiger partial charge in [0, 0.05) is 12.1 Å². The number of aliphatic imine (C=N–C) groups is 1. The smallest absolute Gasteiger partial charge is 0.100 e. The topological polar surface area (TPSA) is 12.4 Å². The van der Waals surface area contributed by atoms with Crippen LogP contribution in [0, 0.1) is 5.92 Å². The fourth-order valence-corrected chi connectivity index (χ4v) is 8.19. The molecule has 0 radical (unpaired) electrons. The van der Waals surface area contributed by atoms with Crippen molar-refractivity contribution in [1.29, 1.82) is 0 Å². The van der Waals surface area contributed by atoms with Crippen molar-refractivity contribution in [3.63, 3.8) is 0 Å². The lowest BCUT2D eigenvalue weighted by atomic mass is 9.65. The summed E-state index contributed by atoms with van der Waals surface area (Å²) in [6.07, 6.45) is 22.6. The van der Waals surface area contributed by atoms with E-state index in [1.807, 2.05) is 6.21 Å². The molecule has 0 N–H and O–H groups in total. The number of rotatable bonds is 2. The second-order valence-electron chi connectivity index (χ2n) is 12.2. The number of hydrogen-bond donors (Lipinski definition) is 0. The molecule has 5 aromatic rings. The van der Waals surface area contributed by atoms with Crippen LogP contribution in [0.5, 0.6) is 0 Å². The summed E-state index contributed by atoms with van der Waals surface area (Å²) in [6, 6.07) is 33.6. The molecular formula is C43H27N. The molecule has 0 saturated heterocycles. The molecule has 0 aromatic heterocycles. The van der Waals surface area contributed by atoms with Gasteiger partial charge in [-0.1, -0.05) is 134 Å². The molecule has 5 aliphatic rings. The van der Waals surface area contributed by atoms with Crippen molar-refractivity contribution in [2.75, 3.05) is 0 Å². The SMILES string of the molecule is C1=CC2=CC3=C4C(=CC=C5C=CC(c6c7ccccc7c(-c7cccc8ccccc78)c7ccccc67)=C(C=C3)C54)C2N=C1. The highest BCUT2D eigenvalue weighted by atomic mass is 14.8. The Labute approximate surface area is 256 Å². The largest absolute Gasteiger partial charge is 0.280 e. The van der Waals surface area contributed by atoms with E-state index >= 15 is 0 Å². The fraction of sp³-hybridized carbons (Fsp3) is 0.0465. The molecule has 44 heavy (non-hydrogen) atoms. The Morgan fingerprint density at radius 3 is 2.05 bits per heavy atom. The van der Waals surface area contributed by atoms with E-state index in [-0.39, 0.29) is 12.0 Å². The molecule has 1 heteroatoms. The zero-order valence-corrected chi connectivity index (χ0v) is 24.0. The van der Waals surface area contributed by atoms with Crippen LogP contribution in [0.4, 0.5) is 0 Å². The molecule has 2 unspecified atom stereocenters. The van der Waals surface area contributed by atoms with E-state index in [0.717, 1.165) is 0 Å². The Hall–Kier alpha value is -5.53. The molecule has 0 bridgehead atoms. The lowest BCUT2D eigenvalue weighted by molar-refractivity contribution is 0.786. The van der Waals surface area contributed by atoms with Crippen LogP contribution in [0.3, 0.4) is 0 Å². The van der Waals surface area contributed by atoms with Crippen LogP contribution in [-0.4, -0.2) is 12.3 Å². The van der Waals surface area contributed by atoms with Gasteiger partial charge in [-0.15, -0.1) is 0 Å². The molecular weight excluding hydrogens is 530 g/mol. The lowest BCUT2D eigenvalue weighted by Crippen LogP contribution is -2.29. The summed E-state index contributed by atoms with van der Waals surface area (Å²) >= 11 is 0. The third-order valence-corrected chi connectivity index (χ3v) is 10.0. The Balaban J connectivity index is 1.27. The second-order valence-corrected chi connectivity index (χ2v) is 12.2. The number of hydrogen-bond acceptors (Lipinski definition) is 1. The van der Waals surface area contributed by atoms with Crippen molar-refractivity contribution in [3.05, 3.63) is 185 Å². The van der Waals surface area contributed by atoms with Crippen LogP contribution >= 0.6 is 0 Å². The second kappa shape index (κ2) is 8.99. The Bertz CT molecular complexity index is 2370. The van der Waals surface area contributed by atoms with Crippen LogP contribution < -0.4 is 0 Å². The zero-order valence-electron chi connectivity index (χ0n) is 24.0. The number of nitrogens with zero attached hydrogens (tertiary/aromatic N) is 1. The van der Waals surface area contributed by atoms with Crippen molar-refractivity contribution in [2.24, 2.45) is 10.9 Å². The lowest BCUT2D eigenvalue weighted by Gasteiger charge is -2.40. The molecule has 0 saturated carbocycles. The predicted molar refractivity (Wildman–Crippen MR) is 186 cm³/mol.